The zero-order valence-corrected chi connectivity index (χ0v) is 10.0. The van der Waals surface area contributed by atoms with Gasteiger partial charge in [0, 0.05) is 11.7 Å². The molecule has 1 aliphatic rings. The summed E-state index contributed by atoms with van der Waals surface area (Å²) in [6.45, 7) is -0.0204. The lowest BCUT2D eigenvalue weighted by molar-refractivity contribution is -0.141. The van der Waals surface area contributed by atoms with Gasteiger partial charge in [0.2, 0.25) is 0 Å². The summed E-state index contributed by atoms with van der Waals surface area (Å²) >= 11 is 0. The molecule has 1 aromatic heterocycles. The SMILES string of the molecule is CNC1(CO)CCC(n2ccc(C(F)(F)F)n2)C1. The van der Waals surface area contributed by atoms with Crippen LogP contribution in [0.15, 0.2) is 12.3 Å². The normalized spacial score (nSPS) is 28.8. The number of hydrogen-bond acceptors (Lipinski definition) is 3. The van der Waals surface area contributed by atoms with Gasteiger partial charge in [0.05, 0.1) is 12.6 Å². The van der Waals surface area contributed by atoms with E-state index in [0.29, 0.717) is 12.8 Å². The molecule has 1 aliphatic carbocycles. The van der Waals surface area contributed by atoms with E-state index in [1.165, 1.54) is 10.9 Å². The number of nitrogens with one attached hydrogen (secondary N) is 1. The molecule has 7 heteroatoms. The Kier molecular flexibility index (Phi) is 3.37. The van der Waals surface area contributed by atoms with E-state index < -0.39 is 17.4 Å². The molecule has 0 saturated heterocycles. The summed E-state index contributed by atoms with van der Waals surface area (Å²) in [5, 5.41) is 16.0. The fraction of sp³-hybridized carbons (Fsp3) is 0.727. The molecule has 102 valence electrons. The van der Waals surface area contributed by atoms with Crippen LogP contribution in [0.25, 0.3) is 0 Å². The molecule has 1 fully saturated rings. The molecular formula is C11H16F3N3O. The first-order valence-corrected chi connectivity index (χ1v) is 5.82. The average Bonchev–Trinajstić information content (AvgIpc) is 2.95. The van der Waals surface area contributed by atoms with Crippen molar-refractivity contribution in [1.29, 1.82) is 0 Å². The van der Waals surface area contributed by atoms with Crippen LogP contribution in [0.5, 0.6) is 0 Å². The number of aliphatic hydroxyl groups is 1. The fourth-order valence-electron chi connectivity index (χ4n) is 2.47. The van der Waals surface area contributed by atoms with Crippen LogP contribution < -0.4 is 5.32 Å². The monoisotopic (exact) mass is 263 g/mol. The third-order valence-electron chi connectivity index (χ3n) is 3.69. The number of alkyl halides is 3. The maximum absolute atomic E-state index is 12.4. The molecule has 2 unspecified atom stereocenters. The Balaban J connectivity index is 2.13. The minimum absolute atomic E-state index is 0.0204. The minimum Gasteiger partial charge on any atom is -0.394 e. The van der Waals surface area contributed by atoms with Gasteiger partial charge in [-0.05, 0) is 32.4 Å². The Morgan fingerprint density at radius 1 is 1.61 bits per heavy atom. The molecule has 4 nitrogen and oxygen atoms in total. The Bertz CT molecular complexity index is 412. The first-order chi connectivity index (χ1) is 8.40. The molecule has 0 radical (unpaired) electrons. The van der Waals surface area contributed by atoms with Gasteiger partial charge in [0.15, 0.2) is 5.69 Å². The molecule has 18 heavy (non-hydrogen) atoms. The molecule has 1 heterocycles. The smallest absolute Gasteiger partial charge is 0.394 e. The van der Waals surface area contributed by atoms with Gasteiger partial charge >= 0.3 is 6.18 Å². The molecule has 2 atom stereocenters. The lowest BCUT2D eigenvalue weighted by Gasteiger charge is -2.26. The third kappa shape index (κ3) is 2.37. The molecule has 2 N–H and O–H groups in total. The maximum Gasteiger partial charge on any atom is 0.435 e. The van der Waals surface area contributed by atoms with Crippen molar-refractivity contribution in [2.24, 2.45) is 0 Å². The second kappa shape index (κ2) is 4.55. The van der Waals surface area contributed by atoms with Crippen molar-refractivity contribution in [3.8, 4) is 0 Å². The van der Waals surface area contributed by atoms with Crippen LogP contribution >= 0.6 is 0 Å². The lowest BCUT2D eigenvalue weighted by atomic mass is 9.99. The number of aliphatic hydroxyl groups excluding tert-OH is 1. The van der Waals surface area contributed by atoms with Gasteiger partial charge in [0.1, 0.15) is 0 Å². The van der Waals surface area contributed by atoms with E-state index in [0.717, 1.165) is 12.5 Å². The second-order valence-electron chi connectivity index (χ2n) is 4.76. The van der Waals surface area contributed by atoms with E-state index in [1.54, 1.807) is 7.05 Å². The predicted molar refractivity (Wildman–Crippen MR) is 59.0 cm³/mol. The highest BCUT2D eigenvalue weighted by atomic mass is 19.4. The standard InChI is InChI=1S/C11H16F3N3O/c1-15-10(7-18)4-2-8(6-10)17-5-3-9(16-17)11(12,13)14/h3,5,8,15,18H,2,4,6-7H2,1H3. The van der Waals surface area contributed by atoms with Crippen molar-refractivity contribution in [1.82, 2.24) is 15.1 Å². The van der Waals surface area contributed by atoms with E-state index in [1.807, 2.05) is 0 Å². The van der Waals surface area contributed by atoms with Gasteiger partial charge in [-0.2, -0.15) is 18.3 Å². The number of hydrogen-bond donors (Lipinski definition) is 2. The zero-order valence-electron chi connectivity index (χ0n) is 10.0. The van der Waals surface area contributed by atoms with Gasteiger partial charge in [-0.15, -0.1) is 0 Å². The fourth-order valence-corrected chi connectivity index (χ4v) is 2.47. The topological polar surface area (TPSA) is 50.1 Å². The molecule has 2 rings (SSSR count). The minimum atomic E-state index is -4.40. The van der Waals surface area contributed by atoms with Gasteiger partial charge in [-0.3, -0.25) is 4.68 Å². The number of rotatable bonds is 3. The van der Waals surface area contributed by atoms with Crippen LogP contribution in [0, 0.1) is 0 Å². The van der Waals surface area contributed by atoms with Crippen LogP contribution in [0.2, 0.25) is 0 Å². The summed E-state index contributed by atoms with van der Waals surface area (Å²) < 4.78 is 38.7. The molecular weight excluding hydrogens is 247 g/mol. The van der Waals surface area contributed by atoms with Crippen LogP contribution in [0.3, 0.4) is 0 Å². The Labute approximate surface area is 103 Å². The number of nitrogens with zero attached hydrogens (tertiary/aromatic N) is 2. The highest BCUT2D eigenvalue weighted by Crippen LogP contribution is 2.37. The zero-order chi connectivity index (χ0) is 13.4. The van der Waals surface area contributed by atoms with E-state index in [4.69, 9.17) is 0 Å². The van der Waals surface area contributed by atoms with E-state index in [9.17, 15) is 18.3 Å². The molecule has 0 aliphatic heterocycles. The van der Waals surface area contributed by atoms with Crippen LogP contribution in [0.1, 0.15) is 31.0 Å². The summed E-state index contributed by atoms with van der Waals surface area (Å²) in [5.74, 6) is 0. The van der Waals surface area contributed by atoms with E-state index in [-0.39, 0.29) is 12.6 Å². The largest absolute Gasteiger partial charge is 0.435 e. The van der Waals surface area contributed by atoms with Crippen molar-refractivity contribution in [2.75, 3.05) is 13.7 Å². The first-order valence-electron chi connectivity index (χ1n) is 5.82. The van der Waals surface area contributed by atoms with Crippen molar-refractivity contribution in [3.05, 3.63) is 18.0 Å². The number of likely N-dealkylation sites (N-methyl/N-ethyl adjacent to an activating group) is 1. The number of aromatic nitrogens is 2. The van der Waals surface area contributed by atoms with Crippen LogP contribution in [0.4, 0.5) is 13.2 Å². The summed E-state index contributed by atoms with van der Waals surface area (Å²) in [7, 11) is 1.75. The summed E-state index contributed by atoms with van der Waals surface area (Å²) in [6.07, 6.45) is -1.03. The molecule has 0 spiro atoms. The van der Waals surface area contributed by atoms with Gasteiger partial charge in [-0.25, -0.2) is 0 Å². The first kappa shape index (κ1) is 13.4. The van der Waals surface area contributed by atoms with E-state index in [2.05, 4.69) is 10.4 Å². The summed E-state index contributed by atoms with van der Waals surface area (Å²) in [5.41, 5.74) is -1.26. The highest BCUT2D eigenvalue weighted by Gasteiger charge is 2.40. The number of halogens is 3. The Morgan fingerprint density at radius 3 is 2.78 bits per heavy atom. The van der Waals surface area contributed by atoms with Gasteiger partial charge in [-0.1, -0.05) is 0 Å². The van der Waals surface area contributed by atoms with Crippen LogP contribution in [-0.2, 0) is 6.18 Å². The maximum atomic E-state index is 12.4. The average molecular weight is 263 g/mol. The quantitative estimate of drug-likeness (QED) is 0.870. The molecule has 0 bridgehead atoms. The van der Waals surface area contributed by atoms with Crippen molar-refractivity contribution in [3.63, 3.8) is 0 Å². The van der Waals surface area contributed by atoms with Gasteiger partial charge < -0.3 is 10.4 Å². The summed E-state index contributed by atoms with van der Waals surface area (Å²) in [6, 6.07) is 0.888. The molecule has 1 aromatic rings. The predicted octanol–water partition coefficient (Wildman–Crippen LogP) is 1.58. The molecule has 1 saturated carbocycles. The second-order valence-corrected chi connectivity index (χ2v) is 4.76. The Morgan fingerprint density at radius 2 is 2.33 bits per heavy atom. The Hall–Kier alpha value is -1.08. The van der Waals surface area contributed by atoms with Gasteiger partial charge in [0.25, 0.3) is 0 Å². The third-order valence-corrected chi connectivity index (χ3v) is 3.69. The lowest BCUT2D eigenvalue weighted by Crippen LogP contribution is -2.44. The molecule has 0 aromatic carbocycles. The van der Waals surface area contributed by atoms with Crippen molar-refractivity contribution in [2.45, 2.75) is 37.0 Å². The van der Waals surface area contributed by atoms with Crippen molar-refractivity contribution >= 4 is 0 Å². The van der Waals surface area contributed by atoms with E-state index >= 15 is 0 Å². The highest BCUT2D eigenvalue weighted by molar-refractivity contribution is 5.06. The summed E-state index contributed by atoms with van der Waals surface area (Å²) in [4.78, 5) is 0. The van der Waals surface area contributed by atoms with Crippen LogP contribution in [-0.4, -0.2) is 34.1 Å². The van der Waals surface area contributed by atoms with Crippen molar-refractivity contribution < 1.29 is 18.3 Å². The molecule has 0 amide bonds.